The van der Waals surface area contributed by atoms with Gasteiger partial charge in [-0.3, -0.25) is 0 Å². The summed E-state index contributed by atoms with van der Waals surface area (Å²) in [5.74, 6) is 1.63. The monoisotopic (exact) mass is 240 g/mol. The summed E-state index contributed by atoms with van der Waals surface area (Å²) in [5, 5.41) is 0.266. The lowest BCUT2D eigenvalue weighted by Gasteiger charge is -2.32. The van der Waals surface area contributed by atoms with Crippen molar-refractivity contribution in [3.8, 4) is 0 Å². The predicted octanol–water partition coefficient (Wildman–Crippen LogP) is 2.34. The Balaban J connectivity index is 2.10. The second-order valence-corrected chi connectivity index (χ2v) is 4.59. The fourth-order valence-electron chi connectivity index (χ4n) is 2.17. The van der Waals surface area contributed by atoms with E-state index in [1.807, 2.05) is 0 Å². The molecule has 1 aliphatic heterocycles. The standard InChI is InChI=1S/C11H17ClN4/c1-2-8-3-5-16(6-4-8)10-9(13)7-14-11(12)15-10/h7-8H,2-6,13H2,1H3. The van der Waals surface area contributed by atoms with Crippen LogP contribution < -0.4 is 10.6 Å². The molecule has 1 aromatic heterocycles. The Hall–Kier alpha value is -1.03. The number of aromatic nitrogens is 2. The van der Waals surface area contributed by atoms with E-state index in [4.69, 9.17) is 17.3 Å². The highest BCUT2D eigenvalue weighted by molar-refractivity contribution is 6.28. The van der Waals surface area contributed by atoms with Crippen LogP contribution in [0.3, 0.4) is 0 Å². The van der Waals surface area contributed by atoms with Gasteiger partial charge < -0.3 is 10.6 Å². The van der Waals surface area contributed by atoms with Crippen molar-refractivity contribution in [3.05, 3.63) is 11.5 Å². The quantitative estimate of drug-likeness (QED) is 0.807. The van der Waals surface area contributed by atoms with Gasteiger partial charge in [0.25, 0.3) is 0 Å². The molecule has 0 atom stereocenters. The summed E-state index contributed by atoms with van der Waals surface area (Å²) in [4.78, 5) is 10.3. The Morgan fingerprint density at radius 3 is 2.81 bits per heavy atom. The average molecular weight is 241 g/mol. The van der Waals surface area contributed by atoms with Crippen molar-refractivity contribution in [1.29, 1.82) is 0 Å². The van der Waals surface area contributed by atoms with Crippen LogP contribution in [0.4, 0.5) is 11.5 Å². The Bertz CT molecular complexity index is 361. The van der Waals surface area contributed by atoms with Crippen LogP contribution in [-0.4, -0.2) is 23.1 Å². The maximum absolute atomic E-state index is 5.86. The van der Waals surface area contributed by atoms with E-state index in [1.165, 1.54) is 19.3 Å². The van der Waals surface area contributed by atoms with E-state index in [0.29, 0.717) is 5.69 Å². The lowest BCUT2D eigenvalue weighted by molar-refractivity contribution is 0.394. The van der Waals surface area contributed by atoms with Crippen LogP contribution in [0.15, 0.2) is 6.20 Å². The average Bonchev–Trinajstić information content (AvgIpc) is 2.32. The number of rotatable bonds is 2. The van der Waals surface area contributed by atoms with E-state index in [0.717, 1.165) is 24.8 Å². The molecule has 0 saturated carbocycles. The third-order valence-electron chi connectivity index (χ3n) is 3.26. The van der Waals surface area contributed by atoms with Gasteiger partial charge in [0.05, 0.1) is 11.9 Å². The first-order valence-electron chi connectivity index (χ1n) is 5.73. The van der Waals surface area contributed by atoms with Crippen molar-refractivity contribution in [3.63, 3.8) is 0 Å². The van der Waals surface area contributed by atoms with Gasteiger partial charge in [0.15, 0.2) is 5.82 Å². The number of nitrogens with zero attached hydrogens (tertiary/aromatic N) is 3. The number of nitrogens with two attached hydrogens (primary N) is 1. The Kier molecular flexibility index (Phi) is 3.49. The van der Waals surface area contributed by atoms with Crippen LogP contribution in [0.2, 0.25) is 5.28 Å². The smallest absolute Gasteiger partial charge is 0.224 e. The second-order valence-electron chi connectivity index (χ2n) is 4.26. The van der Waals surface area contributed by atoms with Gasteiger partial charge in [-0.15, -0.1) is 0 Å². The summed E-state index contributed by atoms with van der Waals surface area (Å²) in [7, 11) is 0. The lowest BCUT2D eigenvalue weighted by Crippen LogP contribution is -2.34. The Morgan fingerprint density at radius 2 is 2.19 bits per heavy atom. The zero-order valence-electron chi connectivity index (χ0n) is 9.49. The van der Waals surface area contributed by atoms with Gasteiger partial charge in [-0.25, -0.2) is 4.98 Å². The zero-order valence-corrected chi connectivity index (χ0v) is 10.2. The molecule has 1 aromatic rings. The molecule has 2 N–H and O–H groups in total. The summed E-state index contributed by atoms with van der Waals surface area (Å²) in [5.41, 5.74) is 6.47. The van der Waals surface area contributed by atoms with Crippen molar-refractivity contribution < 1.29 is 0 Å². The molecule has 4 nitrogen and oxygen atoms in total. The van der Waals surface area contributed by atoms with Crippen LogP contribution in [-0.2, 0) is 0 Å². The number of halogens is 1. The molecule has 16 heavy (non-hydrogen) atoms. The number of anilines is 2. The summed E-state index contributed by atoms with van der Waals surface area (Å²) in [6, 6.07) is 0. The first-order valence-corrected chi connectivity index (χ1v) is 6.11. The molecule has 2 heterocycles. The highest BCUT2D eigenvalue weighted by atomic mass is 35.5. The van der Waals surface area contributed by atoms with E-state index < -0.39 is 0 Å². The van der Waals surface area contributed by atoms with Crippen molar-refractivity contribution in [2.45, 2.75) is 26.2 Å². The maximum Gasteiger partial charge on any atom is 0.224 e. The molecule has 1 saturated heterocycles. The SMILES string of the molecule is CCC1CCN(c2nc(Cl)ncc2N)CC1. The van der Waals surface area contributed by atoms with Crippen molar-refractivity contribution in [2.75, 3.05) is 23.7 Å². The van der Waals surface area contributed by atoms with Gasteiger partial charge >= 0.3 is 0 Å². The minimum atomic E-state index is 0.266. The Morgan fingerprint density at radius 1 is 1.50 bits per heavy atom. The van der Waals surface area contributed by atoms with Crippen LogP contribution in [0.1, 0.15) is 26.2 Å². The molecule has 0 spiro atoms. The topological polar surface area (TPSA) is 55.0 Å². The zero-order chi connectivity index (χ0) is 11.5. The largest absolute Gasteiger partial charge is 0.394 e. The van der Waals surface area contributed by atoms with Gasteiger partial charge in [-0.2, -0.15) is 4.98 Å². The van der Waals surface area contributed by atoms with E-state index in [-0.39, 0.29) is 5.28 Å². The molecule has 0 amide bonds. The van der Waals surface area contributed by atoms with Crippen molar-refractivity contribution in [2.24, 2.45) is 5.92 Å². The second kappa shape index (κ2) is 4.87. The summed E-state index contributed by atoms with van der Waals surface area (Å²) < 4.78 is 0. The molecule has 0 bridgehead atoms. The van der Waals surface area contributed by atoms with Crippen molar-refractivity contribution >= 4 is 23.1 Å². The van der Waals surface area contributed by atoms with Crippen molar-refractivity contribution in [1.82, 2.24) is 9.97 Å². The number of hydrogen-bond donors (Lipinski definition) is 1. The molecule has 1 fully saturated rings. The third-order valence-corrected chi connectivity index (χ3v) is 3.44. The maximum atomic E-state index is 5.86. The summed E-state index contributed by atoms with van der Waals surface area (Å²) in [6.07, 6.45) is 5.25. The molecule has 0 radical (unpaired) electrons. The number of piperidine rings is 1. The van der Waals surface area contributed by atoms with Crippen LogP contribution in [0.5, 0.6) is 0 Å². The molecule has 2 rings (SSSR count). The lowest BCUT2D eigenvalue weighted by atomic mass is 9.94. The normalized spacial score (nSPS) is 17.8. The summed E-state index contributed by atoms with van der Waals surface area (Å²) >= 11 is 5.79. The molecule has 5 heteroatoms. The van der Waals surface area contributed by atoms with Crippen LogP contribution in [0, 0.1) is 5.92 Å². The van der Waals surface area contributed by atoms with Gasteiger partial charge in [-0.1, -0.05) is 13.3 Å². The summed E-state index contributed by atoms with van der Waals surface area (Å²) in [6.45, 7) is 4.27. The van der Waals surface area contributed by atoms with Crippen LogP contribution in [0.25, 0.3) is 0 Å². The van der Waals surface area contributed by atoms with E-state index in [9.17, 15) is 0 Å². The fraction of sp³-hybridized carbons (Fsp3) is 0.636. The van der Waals surface area contributed by atoms with Gasteiger partial charge in [-0.05, 0) is 30.4 Å². The fourth-order valence-corrected chi connectivity index (χ4v) is 2.30. The predicted molar refractivity (Wildman–Crippen MR) is 66.7 cm³/mol. The van der Waals surface area contributed by atoms with E-state index in [2.05, 4.69) is 21.8 Å². The van der Waals surface area contributed by atoms with Gasteiger partial charge in [0, 0.05) is 13.1 Å². The van der Waals surface area contributed by atoms with Gasteiger partial charge in [0.1, 0.15) is 0 Å². The molecule has 0 aromatic carbocycles. The molecule has 1 aliphatic rings. The molecular weight excluding hydrogens is 224 g/mol. The first-order chi connectivity index (χ1) is 7.70. The van der Waals surface area contributed by atoms with Gasteiger partial charge in [0.2, 0.25) is 5.28 Å². The van der Waals surface area contributed by atoms with Crippen LogP contribution >= 0.6 is 11.6 Å². The molecule has 88 valence electrons. The number of hydrogen-bond acceptors (Lipinski definition) is 4. The van der Waals surface area contributed by atoms with E-state index >= 15 is 0 Å². The minimum absolute atomic E-state index is 0.266. The first kappa shape index (κ1) is 11.5. The minimum Gasteiger partial charge on any atom is -0.394 e. The molecular formula is C11H17ClN4. The highest BCUT2D eigenvalue weighted by Gasteiger charge is 2.20. The highest BCUT2D eigenvalue weighted by Crippen LogP contribution is 2.27. The number of nitrogen functional groups attached to an aromatic ring is 1. The Labute approximate surface area is 101 Å². The van der Waals surface area contributed by atoms with E-state index in [1.54, 1.807) is 6.20 Å². The third kappa shape index (κ3) is 2.38. The molecule has 0 unspecified atom stereocenters. The molecule has 0 aliphatic carbocycles.